The monoisotopic (exact) mass is 722 g/mol. The Hall–Kier alpha value is -3.10. The third kappa shape index (κ3) is 6.91. The van der Waals surface area contributed by atoms with Crippen LogP contribution in [0.15, 0.2) is 64.1 Å². The first kappa shape index (κ1) is 35.3. The molecule has 0 saturated carbocycles. The summed E-state index contributed by atoms with van der Waals surface area (Å²) in [4.78, 5) is 29.1. The average molecular weight is 723 g/mol. The summed E-state index contributed by atoms with van der Waals surface area (Å²) in [7, 11) is 2.37. The van der Waals surface area contributed by atoms with E-state index >= 15 is 0 Å². The van der Waals surface area contributed by atoms with E-state index < -0.39 is 17.7 Å². The molecular formula is C38H48N3O7S2+. The minimum atomic E-state index is -1.77. The van der Waals surface area contributed by atoms with Gasteiger partial charge in [0.15, 0.2) is 0 Å². The van der Waals surface area contributed by atoms with E-state index in [9.17, 15) is 24.9 Å². The maximum Gasteiger partial charge on any atom is 0.349 e. The summed E-state index contributed by atoms with van der Waals surface area (Å²) in [6, 6.07) is 14.2. The fourth-order valence-electron chi connectivity index (χ4n) is 8.50. The fourth-order valence-corrected chi connectivity index (χ4v) is 10.2. The van der Waals surface area contributed by atoms with Crippen LogP contribution in [0.4, 0.5) is 0 Å². The number of aliphatic hydroxyl groups excluding tert-OH is 1. The number of carbonyl (C=O) groups is 1. The number of ether oxygens (including phenoxy) is 2. The highest BCUT2D eigenvalue weighted by Crippen LogP contribution is 2.53. The van der Waals surface area contributed by atoms with E-state index in [1.165, 1.54) is 66.9 Å². The zero-order chi connectivity index (χ0) is 34.9. The van der Waals surface area contributed by atoms with Gasteiger partial charge in [0.1, 0.15) is 36.1 Å². The number of phenols is 1. The van der Waals surface area contributed by atoms with Crippen LogP contribution in [0.5, 0.6) is 5.75 Å². The van der Waals surface area contributed by atoms with E-state index in [0.29, 0.717) is 44.8 Å². The number of fused-ring (bicyclic) bond motifs is 6. The van der Waals surface area contributed by atoms with Crippen LogP contribution < -0.4 is 10.9 Å². The van der Waals surface area contributed by atoms with Crippen LogP contribution in [0, 0.1) is 0 Å². The number of phenolic OH excluding ortho intramolecular Hbond substituents is 1. The number of aromatic amines is 1. The van der Waals surface area contributed by atoms with Crippen LogP contribution in [0.2, 0.25) is 0 Å². The second-order valence-corrected chi connectivity index (χ2v) is 16.3. The molecule has 0 aliphatic carbocycles. The van der Waals surface area contributed by atoms with Crippen molar-refractivity contribution in [2.45, 2.75) is 99.9 Å². The number of likely N-dealkylation sites (N-methyl/N-ethyl adjacent to an activating group) is 1. The number of benzene rings is 1. The highest BCUT2D eigenvalue weighted by atomic mass is 32.1. The third-order valence-electron chi connectivity index (χ3n) is 11.3. The molecule has 3 aromatic heterocycles. The second-order valence-electron chi connectivity index (χ2n) is 14.4. The summed E-state index contributed by atoms with van der Waals surface area (Å²) >= 11 is 2.74. The number of aromatic hydroxyl groups is 1. The molecule has 12 heteroatoms. The molecule has 7 rings (SSSR count). The standard InChI is InChI=1S/C38H47N3O7S2/c1-41(18-8-6-4-2-3-5-7-17-39-23-30(43)25-13-15-29(42)34-26(25)14-16-33(44)40-34)27-21-24(22-28(41)36-35(27)48-36)47-37(45)38(46,31-11-9-19-49-31)32-12-10-20-50-32/h9-16,19-20,24,27-28,30,35-36,39,43,46H,2-8,17-18,21-23H2,1H3,(H-,40,42,44)/p+1/t24?,27?,28?,30-,35-,36+,41?/m0/s1. The molecule has 50 heavy (non-hydrogen) atoms. The molecule has 6 heterocycles. The number of nitrogens with one attached hydrogen (secondary N) is 2. The largest absolute Gasteiger partial charge is 0.506 e. The van der Waals surface area contributed by atoms with Gasteiger partial charge in [-0.2, -0.15) is 0 Å². The molecule has 3 fully saturated rings. The number of epoxide rings is 1. The number of hydrogen-bond donors (Lipinski definition) is 5. The molecular weight excluding hydrogens is 675 g/mol. The van der Waals surface area contributed by atoms with Gasteiger partial charge in [0, 0.05) is 30.8 Å². The van der Waals surface area contributed by atoms with Crippen molar-refractivity contribution in [1.82, 2.24) is 10.3 Å². The molecule has 4 aromatic rings. The smallest absolute Gasteiger partial charge is 0.349 e. The average Bonchev–Trinajstić information content (AvgIpc) is 3.40. The molecule has 4 unspecified atom stereocenters. The molecule has 0 radical (unpaired) electrons. The topological polar surface area (TPSA) is 144 Å². The molecule has 3 aliphatic rings. The van der Waals surface area contributed by atoms with Crippen LogP contribution >= 0.6 is 22.7 Å². The van der Waals surface area contributed by atoms with Crippen molar-refractivity contribution in [2.75, 3.05) is 26.7 Å². The third-order valence-corrected chi connectivity index (χ3v) is 13.2. The quantitative estimate of drug-likeness (QED) is 0.0427. The molecule has 10 nitrogen and oxygen atoms in total. The van der Waals surface area contributed by atoms with Gasteiger partial charge >= 0.3 is 5.97 Å². The number of quaternary nitrogens is 1. The lowest BCUT2D eigenvalue weighted by atomic mass is 9.94. The number of morpholine rings is 1. The van der Waals surface area contributed by atoms with Crippen molar-refractivity contribution >= 4 is 39.5 Å². The Kier molecular flexibility index (Phi) is 10.5. The Morgan fingerprint density at radius 3 is 2.26 bits per heavy atom. The zero-order valence-electron chi connectivity index (χ0n) is 28.5. The minimum absolute atomic E-state index is 0.00837. The minimum Gasteiger partial charge on any atom is -0.506 e. The Balaban J connectivity index is 0.797. The van der Waals surface area contributed by atoms with Crippen molar-refractivity contribution < 1.29 is 34.1 Å². The van der Waals surface area contributed by atoms with Gasteiger partial charge in [-0.05, 0) is 66.4 Å². The number of carbonyl (C=O) groups excluding carboxylic acids is 1. The van der Waals surface area contributed by atoms with Gasteiger partial charge < -0.3 is 39.6 Å². The first-order valence-electron chi connectivity index (χ1n) is 18.0. The highest BCUT2D eigenvalue weighted by molar-refractivity contribution is 7.12. The van der Waals surface area contributed by atoms with Gasteiger partial charge in [0.2, 0.25) is 11.2 Å². The van der Waals surface area contributed by atoms with Crippen molar-refractivity contribution in [2.24, 2.45) is 0 Å². The number of unbranched alkanes of at least 4 members (excludes halogenated alkanes) is 6. The predicted molar refractivity (Wildman–Crippen MR) is 194 cm³/mol. The Labute approximate surface area is 300 Å². The van der Waals surface area contributed by atoms with Crippen LogP contribution in [-0.2, 0) is 19.9 Å². The first-order chi connectivity index (χ1) is 24.2. The van der Waals surface area contributed by atoms with Gasteiger partial charge in [-0.3, -0.25) is 4.79 Å². The second kappa shape index (κ2) is 14.9. The zero-order valence-corrected chi connectivity index (χ0v) is 30.1. The predicted octanol–water partition coefficient (Wildman–Crippen LogP) is 5.32. The number of aliphatic hydroxyl groups is 2. The lowest BCUT2D eigenvalue weighted by molar-refractivity contribution is -0.956. The highest BCUT2D eigenvalue weighted by Gasteiger charge is 2.72. The Bertz CT molecular complexity index is 1760. The molecule has 0 spiro atoms. The summed E-state index contributed by atoms with van der Waals surface area (Å²) in [6.07, 6.45) is 9.24. The maximum atomic E-state index is 13.6. The molecule has 1 aromatic carbocycles. The molecule has 2 bridgehead atoms. The lowest BCUT2D eigenvalue weighted by Gasteiger charge is -2.48. The number of pyridine rings is 1. The van der Waals surface area contributed by atoms with Gasteiger partial charge in [0.25, 0.3) is 0 Å². The van der Waals surface area contributed by atoms with Gasteiger partial charge in [0.05, 0.1) is 35.0 Å². The summed E-state index contributed by atoms with van der Waals surface area (Å²) in [6.45, 7) is 2.34. The summed E-state index contributed by atoms with van der Waals surface area (Å²) in [5.41, 5.74) is -1.04. The number of nitrogens with zero attached hydrogens (tertiary/aromatic N) is 1. The summed E-state index contributed by atoms with van der Waals surface area (Å²) in [5, 5.41) is 40.2. The Morgan fingerprint density at radius 2 is 1.62 bits per heavy atom. The molecule has 268 valence electrons. The number of rotatable bonds is 17. The van der Waals surface area contributed by atoms with Crippen molar-refractivity contribution in [1.29, 1.82) is 0 Å². The normalized spacial score (nSPS) is 26.2. The number of esters is 1. The lowest BCUT2D eigenvalue weighted by Crippen LogP contribution is -2.63. The van der Waals surface area contributed by atoms with E-state index in [-0.39, 0.29) is 29.6 Å². The van der Waals surface area contributed by atoms with E-state index in [2.05, 4.69) is 17.3 Å². The summed E-state index contributed by atoms with van der Waals surface area (Å²) < 4.78 is 13.2. The number of piperidine rings is 1. The molecule has 7 atom stereocenters. The molecule has 3 saturated heterocycles. The molecule has 5 N–H and O–H groups in total. The Morgan fingerprint density at radius 1 is 0.980 bits per heavy atom. The number of thiophene rings is 2. The molecule has 3 aliphatic heterocycles. The number of H-pyrrole nitrogens is 1. The number of hydrogen-bond acceptors (Lipinski definition) is 10. The van der Waals surface area contributed by atoms with Gasteiger partial charge in [-0.1, -0.05) is 43.9 Å². The van der Waals surface area contributed by atoms with Crippen LogP contribution in [0.1, 0.15) is 79.2 Å². The van der Waals surface area contributed by atoms with Gasteiger partial charge in [-0.15, -0.1) is 22.7 Å². The number of aromatic nitrogens is 1. The first-order valence-corrected chi connectivity index (χ1v) is 19.7. The van der Waals surface area contributed by atoms with E-state index in [4.69, 9.17) is 9.47 Å². The van der Waals surface area contributed by atoms with Crippen LogP contribution in [0.25, 0.3) is 10.9 Å². The van der Waals surface area contributed by atoms with E-state index in [1.54, 1.807) is 24.3 Å². The fraction of sp³-hybridized carbons (Fsp3) is 0.526. The van der Waals surface area contributed by atoms with Crippen molar-refractivity contribution in [3.05, 3.63) is 85.0 Å². The maximum absolute atomic E-state index is 13.6. The summed E-state index contributed by atoms with van der Waals surface area (Å²) in [5.74, 6) is -0.584. The van der Waals surface area contributed by atoms with E-state index in [0.717, 1.165) is 43.3 Å². The van der Waals surface area contributed by atoms with Crippen molar-refractivity contribution in [3.8, 4) is 5.75 Å². The molecule has 0 amide bonds. The van der Waals surface area contributed by atoms with Gasteiger partial charge in [-0.25, -0.2) is 4.79 Å². The van der Waals surface area contributed by atoms with Crippen molar-refractivity contribution in [3.63, 3.8) is 0 Å². The van der Waals surface area contributed by atoms with Crippen LogP contribution in [-0.4, -0.2) is 87.8 Å². The van der Waals surface area contributed by atoms with E-state index in [1.807, 2.05) is 22.9 Å². The van der Waals surface area contributed by atoms with Crippen LogP contribution in [0.3, 0.4) is 0 Å². The SMILES string of the molecule is C[N+]1(CCCCCCCCCNC[C@H](O)c2ccc(O)c3[nH]c(=O)ccc23)C2CC(OC(=O)C(O)(c3cccs3)c3cccs3)CC1[C@@H]1O[C@H]21.